The highest BCUT2D eigenvalue weighted by atomic mass is 35.5. The summed E-state index contributed by atoms with van der Waals surface area (Å²) in [5.74, 6) is -0.0465. The van der Waals surface area contributed by atoms with E-state index >= 15 is 0 Å². The molecule has 0 atom stereocenters. The van der Waals surface area contributed by atoms with Gasteiger partial charge >= 0.3 is 0 Å². The second kappa shape index (κ2) is 6.86. The van der Waals surface area contributed by atoms with Crippen molar-refractivity contribution in [3.05, 3.63) is 40.4 Å². The largest absolute Gasteiger partial charge is 0.356 e. The number of carbonyl (C=O) groups excluding carboxylic acids is 2. The van der Waals surface area contributed by atoms with E-state index in [1.54, 1.807) is 18.2 Å². The zero-order valence-corrected chi connectivity index (χ0v) is 10.3. The van der Waals surface area contributed by atoms with Crippen molar-refractivity contribution in [1.29, 1.82) is 0 Å². The van der Waals surface area contributed by atoms with Gasteiger partial charge in [0.15, 0.2) is 6.29 Å². The fraction of sp³-hybridized carbons (Fsp3) is 0.231. The van der Waals surface area contributed by atoms with Crippen LogP contribution in [0.5, 0.6) is 0 Å². The molecule has 0 bridgehead atoms. The lowest BCUT2D eigenvalue weighted by atomic mass is 10.1. The molecular formula is C13H14ClNO2. The van der Waals surface area contributed by atoms with E-state index in [9.17, 15) is 9.59 Å². The van der Waals surface area contributed by atoms with Gasteiger partial charge in [0, 0.05) is 24.1 Å². The molecule has 0 aromatic heterocycles. The summed E-state index contributed by atoms with van der Waals surface area (Å²) in [7, 11) is 0. The predicted molar refractivity (Wildman–Crippen MR) is 69.2 cm³/mol. The fourth-order valence-corrected chi connectivity index (χ4v) is 1.52. The van der Waals surface area contributed by atoms with Crippen LogP contribution in [0.1, 0.15) is 29.3 Å². The van der Waals surface area contributed by atoms with Crippen LogP contribution in [0.3, 0.4) is 0 Å². The number of halogens is 1. The first kappa shape index (κ1) is 13.5. The number of nitrogens with one attached hydrogen (secondary N) is 1. The van der Waals surface area contributed by atoms with Gasteiger partial charge in [0.05, 0.1) is 0 Å². The van der Waals surface area contributed by atoms with E-state index in [-0.39, 0.29) is 5.91 Å². The van der Waals surface area contributed by atoms with E-state index in [2.05, 4.69) is 5.32 Å². The van der Waals surface area contributed by atoms with Crippen LogP contribution in [-0.2, 0) is 4.79 Å². The summed E-state index contributed by atoms with van der Waals surface area (Å²) in [6.07, 6.45) is 5.24. The second-order valence-electron chi connectivity index (χ2n) is 3.57. The summed E-state index contributed by atoms with van der Waals surface area (Å²) in [4.78, 5) is 21.4. The van der Waals surface area contributed by atoms with Crippen molar-refractivity contribution in [1.82, 2.24) is 5.32 Å². The lowest BCUT2D eigenvalue weighted by Crippen LogP contribution is -2.20. The maximum Gasteiger partial charge on any atom is 0.216 e. The minimum absolute atomic E-state index is 0.0465. The van der Waals surface area contributed by atoms with Gasteiger partial charge in [-0.05, 0) is 30.2 Å². The zero-order valence-electron chi connectivity index (χ0n) is 9.57. The molecule has 0 saturated heterocycles. The molecule has 4 heteroatoms. The monoisotopic (exact) mass is 251 g/mol. The van der Waals surface area contributed by atoms with Crippen LogP contribution in [0.4, 0.5) is 0 Å². The van der Waals surface area contributed by atoms with Crippen LogP contribution in [-0.4, -0.2) is 18.7 Å². The van der Waals surface area contributed by atoms with Crippen LogP contribution >= 0.6 is 11.6 Å². The summed E-state index contributed by atoms with van der Waals surface area (Å²) in [5, 5.41) is 3.28. The van der Waals surface area contributed by atoms with Gasteiger partial charge in [-0.1, -0.05) is 23.8 Å². The number of rotatable bonds is 5. The summed E-state index contributed by atoms with van der Waals surface area (Å²) >= 11 is 5.85. The fourth-order valence-electron chi connectivity index (χ4n) is 1.34. The molecule has 0 fully saturated rings. The van der Waals surface area contributed by atoms with Crippen molar-refractivity contribution >= 4 is 29.9 Å². The Labute approximate surface area is 105 Å². The van der Waals surface area contributed by atoms with Gasteiger partial charge in [-0.3, -0.25) is 9.59 Å². The lowest BCUT2D eigenvalue weighted by Gasteiger charge is -2.00. The molecular weight excluding hydrogens is 238 g/mol. The standard InChI is InChI=1S/C13H14ClNO2/c1-10(17)15-7-3-2-4-11-8-13(14)6-5-12(11)9-16/h2,4-6,8-9H,3,7H2,1H3,(H,15,17). The van der Waals surface area contributed by atoms with Gasteiger partial charge in [-0.2, -0.15) is 0 Å². The minimum atomic E-state index is -0.0465. The Hall–Kier alpha value is -1.61. The molecule has 0 heterocycles. The number of hydrogen-bond acceptors (Lipinski definition) is 2. The second-order valence-corrected chi connectivity index (χ2v) is 4.00. The number of aldehydes is 1. The molecule has 0 radical (unpaired) electrons. The van der Waals surface area contributed by atoms with Gasteiger partial charge < -0.3 is 5.32 Å². The Kier molecular flexibility index (Phi) is 5.43. The Morgan fingerprint density at radius 3 is 2.82 bits per heavy atom. The molecule has 0 unspecified atom stereocenters. The van der Waals surface area contributed by atoms with Crippen molar-refractivity contribution < 1.29 is 9.59 Å². The Bertz CT molecular complexity index is 441. The Morgan fingerprint density at radius 2 is 2.18 bits per heavy atom. The molecule has 1 amide bonds. The van der Waals surface area contributed by atoms with Crippen molar-refractivity contribution in [2.24, 2.45) is 0 Å². The third-order valence-corrected chi connectivity index (χ3v) is 2.39. The summed E-state index contributed by atoms with van der Waals surface area (Å²) < 4.78 is 0. The zero-order chi connectivity index (χ0) is 12.7. The highest BCUT2D eigenvalue weighted by Gasteiger charge is 1.98. The highest BCUT2D eigenvalue weighted by Crippen LogP contribution is 2.16. The summed E-state index contributed by atoms with van der Waals surface area (Å²) in [5.41, 5.74) is 1.39. The molecule has 17 heavy (non-hydrogen) atoms. The molecule has 1 aromatic rings. The molecule has 0 aliphatic carbocycles. The first-order valence-electron chi connectivity index (χ1n) is 5.29. The average Bonchev–Trinajstić information content (AvgIpc) is 2.28. The quantitative estimate of drug-likeness (QED) is 0.646. The number of carbonyl (C=O) groups is 2. The summed E-state index contributed by atoms with van der Waals surface area (Å²) in [6.45, 7) is 2.06. The van der Waals surface area contributed by atoms with E-state index in [1.165, 1.54) is 6.92 Å². The first-order chi connectivity index (χ1) is 8.13. The Morgan fingerprint density at radius 1 is 1.41 bits per heavy atom. The molecule has 1 N–H and O–H groups in total. The Balaban J connectivity index is 2.60. The van der Waals surface area contributed by atoms with E-state index in [0.29, 0.717) is 23.6 Å². The van der Waals surface area contributed by atoms with E-state index in [1.807, 2.05) is 12.2 Å². The maximum atomic E-state index is 10.8. The van der Waals surface area contributed by atoms with Crippen molar-refractivity contribution in [3.8, 4) is 0 Å². The van der Waals surface area contributed by atoms with E-state index in [4.69, 9.17) is 11.6 Å². The lowest BCUT2D eigenvalue weighted by molar-refractivity contribution is -0.118. The number of amides is 1. The molecule has 90 valence electrons. The molecule has 1 aromatic carbocycles. The van der Waals surface area contributed by atoms with Crippen LogP contribution in [0.15, 0.2) is 24.3 Å². The van der Waals surface area contributed by atoms with E-state index < -0.39 is 0 Å². The van der Waals surface area contributed by atoms with Crippen LogP contribution in [0.25, 0.3) is 6.08 Å². The molecule has 3 nitrogen and oxygen atoms in total. The molecule has 0 saturated carbocycles. The predicted octanol–water partition coefficient (Wildman–Crippen LogP) is 2.69. The summed E-state index contributed by atoms with van der Waals surface area (Å²) in [6, 6.07) is 5.10. The van der Waals surface area contributed by atoms with Crippen LogP contribution in [0, 0.1) is 0 Å². The molecule has 0 aliphatic rings. The number of benzene rings is 1. The normalized spacial score (nSPS) is 10.5. The van der Waals surface area contributed by atoms with Crippen molar-refractivity contribution in [2.75, 3.05) is 6.54 Å². The van der Waals surface area contributed by atoms with Crippen LogP contribution < -0.4 is 5.32 Å². The van der Waals surface area contributed by atoms with Crippen molar-refractivity contribution in [2.45, 2.75) is 13.3 Å². The smallest absolute Gasteiger partial charge is 0.216 e. The molecule has 0 spiro atoms. The SMILES string of the molecule is CC(=O)NCCC=Cc1cc(Cl)ccc1C=O. The third kappa shape index (κ3) is 4.83. The first-order valence-corrected chi connectivity index (χ1v) is 5.67. The highest BCUT2D eigenvalue weighted by molar-refractivity contribution is 6.30. The molecule has 0 aliphatic heterocycles. The van der Waals surface area contributed by atoms with Gasteiger partial charge in [-0.25, -0.2) is 0 Å². The van der Waals surface area contributed by atoms with Crippen LogP contribution in [0.2, 0.25) is 5.02 Å². The topological polar surface area (TPSA) is 46.2 Å². The average molecular weight is 252 g/mol. The van der Waals surface area contributed by atoms with Gasteiger partial charge in [0.1, 0.15) is 0 Å². The van der Waals surface area contributed by atoms with Gasteiger partial charge in [-0.15, -0.1) is 0 Å². The van der Waals surface area contributed by atoms with Gasteiger partial charge in [0.2, 0.25) is 5.91 Å². The molecule has 1 rings (SSSR count). The van der Waals surface area contributed by atoms with Crippen molar-refractivity contribution in [3.63, 3.8) is 0 Å². The van der Waals surface area contributed by atoms with E-state index in [0.717, 1.165) is 11.8 Å². The minimum Gasteiger partial charge on any atom is -0.356 e. The third-order valence-electron chi connectivity index (χ3n) is 2.16. The number of hydrogen-bond donors (Lipinski definition) is 1. The maximum absolute atomic E-state index is 10.8. The van der Waals surface area contributed by atoms with Gasteiger partial charge in [0.25, 0.3) is 0 Å².